The molecule has 0 aliphatic rings. The zero-order valence-electron chi connectivity index (χ0n) is 7.68. The van der Waals surface area contributed by atoms with E-state index in [0.29, 0.717) is 5.75 Å². The van der Waals surface area contributed by atoms with Crippen molar-refractivity contribution >= 4 is 0 Å². The van der Waals surface area contributed by atoms with E-state index in [0.717, 1.165) is 11.1 Å². The van der Waals surface area contributed by atoms with Crippen molar-refractivity contribution in [3.8, 4) is 5.75 Å². The topological polar surface area (TPSA) is 9.23 Å². The molecule has 72 valence electrons. The largest absolute Gasteiger partial charge is 0.487 e. The van der Waals surface area contributed by atoms with E-state index in [1.54, 1.807) is 6.07 Å². The lowest BCUT2D eigenvalue weighted by Crippen LogP contribution is -2.07. The van der Waals surface area contributed by atoms with Crippen LogP contribution in [0.3, 0.4) is 0 Å². The summed E-state index contributed by atoms with van der Waals surface area (Å²) in [6.07, 6.45) is -2.42. The van der Waals surface area contributed by atoms with E-state index in [2.05, 4.69) is 0 Å². The molecule has 13 heavy (non-hydrogen) atoms. The van der Waals surface area contributed by atoms with Gasteiger partial charge in [0.15, 0.2) is 0 Å². The zero-order chi connectivity index (χ0) is 9.84. The molecule has 3 heteroatoms. The van der Waals surface area contributed by atoms with Crippen LogP contribution >= 0.6 is 0 Å². The maximum Gasteiger partial charge on any atom is 0.272 e. The average Bonchev–Trinajstić information content (AvgIpc) is 2.02. The first-order chi connectivity index (χ1) is 6.09. The fourth-order valence-corrected chi connectivity index (χ4v) is 1.11. The summed E-state index contributed by atoms with van der Waals surface area (Å²) in [6.45, 7) is 3.25. The molecule has 1 nitrogen and oxygen atoms in total. The van der Waals surface area contributed by atoms with Crippen LogP contribution in [0.4, 0.5) is 8.78 Å². The molecule has 0 N–H and O–H groups in total. The van der Waals surface area contributed by atoms with Gasteiger partial charge in [-0.2, -0.15) is 0 Å². The predicted molar refractivity (Wildman–Crippen MR) is 47.4 cm³/mol. The first-order valence-electron chi connectivity index (χ1n) is 4.08. The van der Waals surface area contributed by atoms with E-state index in [1.165, 1.54) is 0 Å². The third-order valence-electron chi connectivity index (χ3n) is 1.70. The fourth-order valence-electron chi connectivity index (χ4n) is 1.11. The molecule has 0 heterocycles. The fraction of sp³-hybridized carbons (Fsp3) is 0.400. The summed E-state index contributed by atoms with van der Waals surface area (Å²) in [7, 11) is 0. The molecule has 0 atom stereocenters. The lowest BCUT2D eigenvalue weighted by atomic mass is 10.1. The summed E-state index contributed by atoms with van der Waals surface area (Å²) in [6, 6.07) is 5.46. The maximum absolute atomic E-state index is 11.8. The van der Waals surface area contributed by atoms with Crippen LogP contribution in [0.5, 0.6) is 5.75 Å². The van der Waals surface area contributed by atoms with Crippen molar-refractivity contribution < 1.29 is 13.5 Å². The highest BCUT2D eigenvalue weighted by molar-refractivity contribution is 5.35. The van der Waals surface area contributed by atoms with E-state index in [1.807, 2.05) is 26.0 Å². The Morgan fingerprint density at radius 1 is 1.31 bits per heavy atom. The summed E-state index contributed by atoms with van der Waals surface area (Å²) in [5.74, 6) is 0.533. The van der Waals surface area contributed by atoms with Gasteiger partial charge in [-0.05, 0) is 25.5 Å². The number of ether oxygens (including phenoxy) is 1. The summed E-state index contributed by atoms with van der Waals surface area (Å²) < 4.78 is 28.5. The standard InChI is InChI=1S/C10H12F2O/c1-7-3-4-9(8(2)5-7)13-6-10(11)12/h3-5,10H,6H2,1-2H3. The minimum absolute atomic E-state index is 0.533. The van der Waals surface area contributed by atoms with Gasteiger partial charge in [0, 0.05) is 0 Å². The quantitative estimate of drug-likeness (QED) is 0.705. The van der Waals surface area contributed by atoms with Gasteiger partial charge in [0.25, 0.3) is 6.43 Å². The second-order valence-electron chi connectivity index (χ2n) is 2.97. The van der Waals surface area contributed by atoms with Crippen molar-refractivity contribution in [3.05, 3.63) is 29.3 Å². The minimum atomic E-state index is -2.42. The molecule has 0 bridgehead atoms. The highest BCUT2D eigenvalue weighted by Crippen LogP contribution is 2.18. The molecule has 0 amide bonds. The predicted octanol–water partition coefficient (Wildman–Crippen LogP) is 2.95. The second kappa shape index (κ2) is 4.21. The van der Waals surface area contributed by atoms with Gasteiger partial charge >= 0.3 is 0 Å². The Bertz CT molecular complexity index is 284. The Hall–Kier alpha value is -1.12. The first kappa shape index (κ1) is 9.96. The molecule has 0 saturated heterocycles. The van der Waals surface area contributed by atoms with Crippen LogP contribution < -0.4 is 4.74 Å². The van der Waals surface area contributed by atoms with Gasteiger partial charge in [-0.1, -0.05) is 17.7 Å². The van der Waals surface area contributed by atoms with E-state index in [9.17, 15) is 8.78 Å². The Kier molecular flexibility index (Phi) is 3.23. The van der Waals surface area contributed by atoms with E-state index >= 15 is 0 Å². The third-order valence-corrected chi connectivity index (χ3v) is 1.70. The van der Waals surface area contributed by atoms with Crippen LogP contribution in [-0.4, -0.2) is 13.0 Å². The summed E-state index contributed by atoms with van der Waals surface area (Å²) in [4.78, 5) is 0. The molecule has 1 aromatic carbocycles. The molecular formula is C10H12F2O. The third kappa shape index (κ3) is 3.01. The van der Waals surface area contributed by atoms with Gasteiger partial charge in [-0.15, -0.1) is 0 Å². The van der Waals surface area contributed by atoms with Gasteiger partial charge < -0.3 is 4.74 Å². The van der Waals surface area contributed by atoms with Gasteiger partial charge in [-0.3, -0.25) is 0 Å². The number of hydrogen-bond donors (Lipinski definition) is 0. The van der Waals surface area contributed by atoms with Crippen LogP contribution in [0, 0.1) is 13.8 Å². The molecule has 0 saturated carbocycles. The molecule has 0 spiro atoms. The van der Waals surface area contributed by atoms with E-state index < -0.39 is 13.0 Å². The Labute approximate surface area is 76.3 Å². The average molecular weight is 186 g/mol. The summed E-state index contributed by atoms with van der Waals surface area (Å²) in [5, 5.41) is 0. The van der Waals surface area contributed by atoms with Crippen molar-refractivity contribution in [3.63, 3.8) is 0 Å². The van der Waals surface area contributed by atoms with Crippen LogP contribution in [0.2, 0.25) is 0 Å². The van der Waals surface area contributed by atoms with Crippen molar-refractivity contribution in [1.82, 2.24) is 0 Å². The molecule has 0 aliphatic heterocycles. The molecule has 0 aliphatic carbocycles. The van der Waals surface area contributed by atoms with Gasteiger partial charge in [-0.25, -0.2) is 8.78 Å². The van der Waals surface area contributed by atoms with Crippen molar-refractivity contribution in [1.29, 1.82) is 0 Å². The second-order valence-corrected chi connectivity index (χ2v) is 2.97. The number of benzene rings is 1. The minimum Gasteiger partial charge on any atom is -0.487 e. The summed E-state index contributed by atoms with van der Waals surface area (Å²) >= 11 is 0. The van der Waals surface area contributed by atoms with Crippen LogP contribution in [0.1, 0.15) is 11.1 Å². The highest BCUT2D eigenvalue weighted by Gasteiger charge is 2.05. The normalized spacial score (nSPS) is 10.5. The molecule has 0 aromatic heterocycles. The molecule has 1 aromatic rings. The van der Waals surface area contributed by atoms with Crippen LogP contribution in [0.25, 0.3) is 0 Å². The molecular weight excluding hydrogens is 174 g/mol. The van der Waals surface area contributed by atoms with Gasteiger partial charge in [0.2, 0.25) is 0 Å². The van der Waals surface area contributed by atoms with Crippen molar-refractivity contribution in [2.24, 2.45) is 0 Å². The number of hydrogen-bond acceptors (Lipinski definition) is 1. The Balaban J connectivity index is 2.67. The maximum atomic E-state index is 11.8. The smallest absolute Gasteiger partial charge is 0.272 e. The molecule has 0 fully saturated rings. The Morgan fingerprint density at radius 2 is 2.00 bits per heavy atom. The lowest BCUT2D eigenvalue weighted by molar-refractivity contribution is 0.0816. The summed E-state index contributed by atoms with van der Waals surface area (Å²) in [5.41, 5.74) is 1.99. The molecule has 0 radical (unpaired) electrons. The highest BCUT2D eigenvalue weighted by atomic mass is 19.3. The number of rotatable bonds is 3. The monoisotopic (exact) mass is 186 g/mol. The molecule has 1 rings (SSSR count). The van der Waals surface area contributed by atoms with Gasteiger partial charge in [0.05, 0.1) is 0 Å². The first-order valence-corrected chi connectivity index (χ1v) is 4.08. The SMILES string of the molecule is Cc1ccc(OCC(F)F)c(C)c1. The van der Waals surface area contributed by atoms with Gasteiger partial charge in [0.1, 0.15) is 12.4 Å². The van der Waals surface area contributed by atoms with Crippen LogP contribution in [-0.2, 0) is 0 Å². The van der Waals surface area contributed by atoms with Crippen LogP contribution in [0.15, 0.2) is 18.2 Å². The van der Waals surface area contributed by atoms with E-state index in [-0.39, 0.29) is 0 Å². The molecule has 0 unspecified atom stereocenters. The zero-order valence-corrected chi connectivity index (χ0v) is 7.68. The van der Waals surface area contributed by atoms with Crippen molar-refractivity contribution in [2.45, 2.75) is 20.3 Å². The van der Waals surface area contributed by atoms with Crippen molar-refractivity contribution in [2.75, 3.05) is 6.61 Å². The number of alkyl halides is 2. The number of halogens is 2. The van der Waals surface area contributed by atoms with E-state index in [4.69, 9.17) is 4.74 Å². The Morgan fingerprint density at radius 3 is 2.54 bits per heavy atom. The lowest BCUT2D eigenvalue weighted by Gasteiger charge is -2.08. The number of aryl methyl sites for hydroxylation is 2.